The molecule has 1 N–H and O–H groups in total. The number of likely N-dealkylation sites (N-methyl/N-ethyl adjacent to an activating group) is 1. The van der Waals surface area contributed by atoms with Crippen LogP contribution in [0.2, 0.25) is 0 Å². The summed E-state index contributed by atoms with van der Waals surface area (Å²) in [6.07, 6.45) is 7.23. The molecular formula is C15H20N2. The Balaban J connectivity index is 1.55. The zero-order valence-corrected chi connectivity index (χ0v) is 10.3. The Morgan fingerprint density at radius 2 is 1.76 bits per heavy atom. The van der Waals surface area contributed by atoms with Gasteiger partial charge in [-0.15, -0.1) is 0 Å². The predicted octanol–water partition coefficient (Wildman–Crippen LogP) is 2.18. The summed E-state index contributed by atoms with van der Waals surface area (Å²) in [7, 11) is 2.24. The summed E-state index contributed by atoms with van der Waals surface area (Å²) in [5.41, 5.74) is 1.38. The zero-order valence-electron chi connectivity index (χ0n) is 10.3. The quantitative estimate of drug-likeness (QED) is 0.798. The average Bonchev–Trinajstić information content (AvgIpc) is 2.61. The van der Waals surface area contributed by atoms with Crippen molar-refractivity contribution in [1.82, 2.24) is 10.2 Å². The molecule has 2 aliphatic heterocycles. The van der Waals surface area contributed by atoms with E-state index in [1.54, 1.807) is 0 Å². The van der Waals surface area contributed by atoms with E-state index >= 15 is 0 Å². The van der Waals surface area contributed by atoms with E-state index < -0.39 is 0 Å². The molecule has 17 heavy (non-hydrogen) atoms. The van der Waals surface area contributed by atoms with Crippen LogP contribution in [0.4, 0.5) is 0 Å². The number of nitrogens with one attached hydrogen (secondary N) is 1. The molecule has 1 unspecified atom stereocenters. The van der Waals surface area contributed by atoms with Gasteiger partial charge in [0.25, 0.3) is 0 Å². The van der Waals surface area contributed by atoms with E-state index in [9.17, 15) is 0 Å². The van der Waals surface area contributed by atoms with Crippen molar-refractivity contribution in [1.29, 1.82) is 0 Å². The molecule has 2 nitrogen and oxygen atoms in total. The number of rotatable bonds is 3. The third kappa shape index (κ3) is 2.28. The molecule has 3 atom stereocenters. The second-order valence-electron chi connectivity index (χ2n) is 5.22. The van der Waals surface area contributed by atoms with Crippen LogP contribution in [0.25, 0.3) is 0 Å². The third-order valence-corrected chi connectivity index (χ3v) is 4.09. The van der Waals surface area contributed by atoms with E-state index in [0.717, 1.165) is 6.54 Å². The Hall–Kier alpha value is -1.12. The van der Waals surface area contributed by atoms with Gasteiger partial charge in [0, 0.05) is 24.7 Å². The molecule has 0 spiro atoms. The lowest BCUT2D eigenvalue weighted by Crippen LogP contribution is -2.47. The molecule has 1 aromatic carbocycles. The van der Waals surface area contributed by atoms with Gasteiger partial charge in [0.05, 0.1) is 0 Å². The van der Waals surface area contributed by atoms with E-state index in [-0.39, 0.29) is 0 Å². The molecule has 2 aliphatic rings. The average molecular weight is 228 g/mol. The van der Waals surface area contributed by atoms with Crippen LogP contribution in [0.1, 0.15) is 18.4 Å². The Bertz CT molecular complexity index is 383. The highest BCUT2D eigenvalue weighted by molar-refractivity contribution is 5.16. The summed E-state index contributed by atoms with van der Waals surface area (Å²) in [5, 5.41) is 3.69. The fraction of sp³-hybridized carbons (Fsp3) is 0.467. The van der Waals surface area contributed by atoms with Crippen LogP contribution in [-0.2, 0) is 6.54 Å². The van der Waals surface area contributed by atoms with Gasteiger partial charge in [0.15, 0.2) is 0 Å². The highest BCUT2D eigenvalue weighted by Crippen LogP contribution is 2.28. The molecule has 90 valence electrons. The standard InChI is InChI=1S/C15H20N2/c1-17-14-7-8-15(17)10-13(9-14)16-11-12-5-3-2-4-6-12/h2-8,13-16H,9-11H2,1H3/t13?,14-,15+. The Kier molecular flexibility index (Phi) is 3.00. The molecule has 3 rings (SSSR count). The first kappa shape index (κ1) is 11.0. The van der Waals surface area contributed by atoms with Crippen molar-refractivity contribution in [3.05, 3.63) is 48.0 Å². The Labute approximate surface area is 103 Å². The van der Waals surface area contributed by atoms with Gasteiger partial charge in [-0.1, -0.05) is 42.5 Å². The third-order valence-electron chi connectivity index (χ3n) is 4.09. The lowest BCUT2D eigenvalue weighted by atomic mass is 9.97. The first-order valence-corrected chi connectivity index (χ1v) is 6.50. The van der Waals surface area contributed by atoms with Gasteiger partial charge >= 0.3 is 0 Å². The lowest BCUT2D eigenvalue weighted by Gasteiger charge is -2.37. The Morgan fingerprint density at radius 1 is 1.12 bits per heavy atom. The zero-order chi connectivity index (χ0) is 11.7. The van der Waals surface area contributed by atoms with Crippen LogP contribution in [0.5, 0.6) is 0 Å². The molecule has 2 heterocycles. The molecule has 0 amide bonds. The minimum absolute atomic E-state index is 0.655. The van der Waals surface area contributed by atoms with Crippen LogP contribution in [0.3, 0.4) is 0 Å². The van der Waals surface area contributed by atoms with E-state index in [1.165, 1.54) is 18.4 Å². The number of hydrogen-bond donors (Lipinski definition) is 1. The predicted molar refractivity (Wildman–Crippen MR) is 70.8 cm³/mol. The van der Waals surface area contributed by atoms with E-state index in [4.69, 9.17) is 0 Å². The van der Waals surface area contributed by atoms with Crippen molar-refractivity contribution in [2.24, 2.45) is 0 Å². The van der Waals surface area contributed by atoms with Gasteiger partial charge in [-0.25, -0.2) is 0 Å². The maximum Gasteiger partial charge on any atom is 0.0296 e. The number of benzene rings is 1. The second kappa shape index (κ2) is 4.63. The van der Waals surface area contributed by atoms with Crippen LogP contribution in [0, 0.1) is 0 Å². The van der Waals surface area contributed by atoms with Crippen LogP contribution < -0.4 is 5.32 Å². The largest absolute Gasteiger partial charge is 0.310 e. The van der Waals surface area contributed by atoms with Gasteiger partial charge in [0.1, 0.15) is 0 Å². The smallest absolute Gasteiger partial charge is 0.0296 e. The van der Waals surface area contributed by atoms with Gasteiger partial charge in [0.2, 0.25) is 0 Å². The molecule has 0 radical (unpaired) electrons. The summed E-state index contributed by atoms with van der Waals surface area (Å²) >= 11 is 0. The van der Waals surface area contributed by atoms with Crippen molar-refractivity contribution in [3.8, 4) is 0 Å². The number of hydrogen-bond acceptors (Lipinski definition) is 2. The number of piperidine rings is 1. The molecule has 2 bridgehead atoms. The van der Waals surface area contributed by atoms with Crippen LogP contribution >= 0.6 is 0 Å². The van der Waals surface area contributed by atoms with Gasteiger partial charge in [-0.2, -0.15) is 0 Å². The van der Waals surface area contributed by atoms with E-state index in [2.05, 4.69) is 59.7 Å². The van der Waals surface area contributed by atoms with Crippen molar-refractivity contribution in [2.75, 3.05) is 7.05 Å². The molecule has 1 saturated heterocycles. The lowest BCUT2D eigenvalue weighted by molar-refractivity contribution is 0.163. The maximum absolute atomic E-state index is 3.69. The SMILES string of the molecule is CN1[C@@H]2C=C[C@H]1CC(NCc1ccccc1)C2. The van der Waals surface area contributed by atoms with Gasteiger partial charge < -0.3 is 5.32 Å². The van der Waals surface area contributed by atoms with Gasteiger partial charge in [-0.3, -0.25) is 4.90 Å². The monoisotopic (exact) mass is 228 g/mol. The van der Waals surface area contributed by atoms with Crippen molar-refractivity contribution in [2.45, 2.75) is 37.5 Å². The fourth-order valence-electron chi connectivity index (χ4n) is 2.97. The molecule has 1 aromatic rings. The highest BCUT2D eigenvalue weighted by Gasteiger charge is 2.34. The molecule has 1 fully saturated rings. The van der Waals surface area contributed by atoms with Gasteiger partial charge in [-0.05, 0) is 25.5 Å². The molecule has 2 heteroatoms. The molecule has 0 aromatic heterocycles. The van der Waals surface area contributed by atoms with E-state index in [0.29, 0.717) is 18.1 Å². The van der Waals surface area contributed by atoms with Crippen LogP contribution in [-0.4, -0.2) is 30.1 Å². The first-order valence-electron chi connectivity index (χ1n) is 6.50. The molecule has 0 aliphatic carbocycles. The number of nitrogens with zero attached hydrogens (tertiary/aromatic N) is 1. The Morgan fingerprint density at radius 3 is 2.41 bits per heavy atom. The normalized spacial score (nSPS) is 31.9. The van der Waals surface area contributed by atoms with E-state index in [1.807, 2.05) is 0 Å². The number of fused-ring (bicyclic) bond motifs is 2. The minimum atomic E-state index is 0.655. The highest BCUT2D eigenvalue weighted by atomic mass is 15.2. The molecular weight excluding hydrogens is 208 g/mol. The topological polar surface area (TPSA) is 15.3 Å². The van der Waals surface area contributed by atoms with Crippen molar-refractivity contribution in [3.63, 3.8) is 0 Å². The fourth-order valence-corrected chi connectivity index (χ4v) is 2.97. The summed E-state index contributed by atoms with van der Waals surface area (Å²) in [5.74, 6) is 0. The summed E-state index contributed by atoms with van der Waals surface area (Å²) in [6.45, 7) is 0.995. The summed E-state index contributed by atoms with van der Waals surface area (Å²) in [4.78, 5) is 2.49. The first-order chi connectivity index (χ1) is 8.33. The molecule has 0 saturated carbocycles. The van der Waals surface area contributed by atoms with Crippen molar-refractivity contribution < 1.29 is 0 Å². The maximum atomic E-state index is 3.69. The summed E-state index contributed by atoms with van der Waals surface area (Å²) in [6, 6.07) is 12.6. The second-order valence-corrected chi connectivity index (χ2v) is 5.22. The van der Waals surface area contributed by atoms with Crippen LogP contribution in [0.15, 0.2) is 42.5 Å². The summed E-state index contributed by atoms with van der Waals surface area (Å²) < 4.78 is 0. The minimum Gasteiger partial charge on any atom is -0.310 e. The van der Waals surface area contributed by atoms with Crippen molar-refractivity contribution >= 4 is 0 Å².